The van der Waals surface area contributed by atoms with Gasteiger partial charge in [0.15, 0.2) is 6.10 Å². The van der Waals surface area contributed by atoms with E-state index < -0.39 is 24.5 Å². The molecule has 1 aromatic carbocycles. The Morgan fingerprint density at radius 2 is 1.95 bits per heavy atom. The number of carbonyl (C=O) groups excluding carboxylic acids is 1. The fourth-order valence-corrected chi connectivity index (χ4v) is 1.78. The average Bonchev–Trinajstić information content (AvgIpc) is 2.44. The number of carboxylic acids is 1. The van der Waals surface area contributed by atoms with Crippen molar-refractivity contribution in [3.8, 4) is 5.75 Å². The van der Waals surface area contributed by atoms with Crippen LogP contribution in [0.1, 0.15) is 6.92 Å². The number of amides is 1. The molecule has 0 bridgehead atoms. The third-order valence-electron chi connectivity index (χ3n) is 2.68. The number of carboxylic acid groups (broad SMARTS) is 1. The number of carbonyl (C=O) groups is 2. The summed E-state index contributed by atoms with van der Waals surface area (Å²) in [5.74, 6) is -1.01. The quantitative estimate of drug-likeness (QED) is 0.789. The molecule has 0 aromatic heterocycles. The Labute approximate surface area is 128 Å². The van der Waals surface area contributed by atoms with Gasteiger partial charge < -0.3 is 19.5 Å². The third-order valence-corrected chi connectivity index (χ3v) is 2.93. The second-order valence-corrected chi connectivity index (χ2v) is 4.80. The standard InChI is InChI=1S/C14H18ClNO5/c1-10(21-12-5-3-11(15)4-6-12)14(19)16(7-8-20-2)9-13(17)18/h3-6,10H,7-9H2,1-2H3,(H,17,18). The smallest absolute Gasteiger partial charge is 0.323 e. The summed E-state index contributed by atoms with van der Waals surface area (Å²) < 4.78 is 10.4. The summed E-state index contributed by atoms with van der Waals surface area (Å²) in [6.45, 7) is 1.62. The predicted molar refractivity (Wildman–Crippen MR) is 77.6 cm³/mol. The van der Waals surface area contributed by atoms with Crippen molar-refractivity contribution in [2.75, 3.05) is 26.8 Å². The molecule has 0 heterocycles. The molecule has 1 unspecified atom stereocenters. The van der Waals surface area contributed by atoms with Crippen molar-refractivity contribution < 1.29 is 24.2 Å². The zero-order chi connectivity index (χ0) is 15.8. The highest BCUT2D eigenvalue weighted by Crippen LogP contribution is 2.17. The summed E-state index contributed by atoms with van der Waals surface area (Å²) in [7, 11) is 1.48. The van der Waals surface area contributed by atoms with Gasteiger partial charge in [0.05, 0.1) is 6.61 Å². The molecule has 0 aliphatic carbocycles. The zero-order valence-electron chi connectivity index (χ0n) is 11.9. The second-order valence-electron chi connectivity index (χ2n) is 4.36. The Morgan fingerprint density at radius 3 is 2.48 bits per heavy atom. The van der Waals surface area contributed by atoms with E-state index in [-0.39, 0.29) is 13.2 Å². The van der Waals surface area contributed by atoms with E-state index in [1.54, 1.807) is 31.2 Å². The largest absolute Gasteiger partial charge is 0.481 e. The Balaban J connectivity index is 2.67. The molecule has 1 N–H and O–H groups in total. The molecule has 0 saturated carbocycles. The van der Waals surface area contributed by atoms with E-state index in [4.69, 9.17) is 26.2 Å². The number of methoxy groups -OCH3 is 1. The summed E-state index contributed by atoms with van der Waals surface area (Å²) in [6, 6.07) is 6.58. The first-order chi connectivity index (χ1) is 9.93. The van der Waals surface area contributed by atoms with Gasteiger partial charge in [-0.05, 0) is 31.2 Å². The Hall–Kier alpha value is -1.79. The molecule has 0 radical (unpaired) electrons. The number of rotatable bonds is 8. The van der Waals surface area contributed by atoms with Crippen molar-refractivity contribution in [1.82, 2.24) is 4.90 Å². The topological polar surface area (TPSA) is 76.1 Å². The van der Waals surface area contributed by atoms with Crippen molar-refractivity contribution >= 4 is 23.5 Å². The van der Waals surface area contributed by atoms with Crippen molar-refractivity contribution in [2.45, 2.75) is 13.0 Å². The van der Waals surface area contributed by atoms with Crippen LogP contribution in [0.25, 0.3) is 0 Å². The van der Waals surface area contributed by atoms with Gasteiger partial charge >= 0.3 is 5.97 Å². The molecule has 0 aliphatic heterocycles. The number of hydrogen-bond acceptors (Lipinski definition) is 4. The van der Waals surface area contributed by atoms with Crippen LogP contribution in [0, 0.1) is 0 Å². The number of nitrogens with zero attached hydrogens (tertiary/aromatic N) is 1. The predicted octanol–water partition coefficient (Wildman–Crippen LogP) is 1.67. The molecule has 116 valence electrons. The Kier molecular flexibility index (Phi) is 6.98. The fraction of sp³-hybridized carbons (Fsp3) is 0.429. The minimum Gasteiger partial charge on any atom is -0.481 e. The maximum atomic E-state index is 12.2. The molecular weight excluding hydrogens is 298 g/mol. The molecular formula is C14H18ClNO5. The third kappa shape index (κ3) is 6.01. The van der Waals surface area contributed by atoms with Crippen LogP contribution in [0.3, 0.4) is 0 Å². The highest BCUT2D eigenvalue weighted by Gasteiger charge is 2.23. The monoisotopic (exact) mass is 315 g/mol. The van der Waals surface area contributed by atoms with Gasteiger partial charge in [0.25, 0.3) is 5.91 Å². The number of aliphatic carboxylic acids is 1. The Bertz CT molecular complexity index is 477. The second kappa shape index (κ2) is 8.49. The molecule has 1 amide bonds. The SMILES string of the molecule is COCCN(CC(=O)O)C(=O)C(C)Oc1ccc(Cl)cc1. The van der Waals surface area contributed by atoms with Crippen LogP contribution in [0.5, 0.6) is 5.75 Å². The van der Waals surface area contributed by atoms with Crippen LogP contribution in [0.15, 0.2) is 24.3 Å². The molecule has 0 saturated heterocycles. The minimum atomic E-state index is -1.09. The van der Waals surface area contributed by atoms with Crippen LogP contribution >= 0.6 is 11.6 Å². The van der Waals surface area contributed by atoms with Crippen LogP contribution in [-0.4, -0.2) is 54.8 Å². The normalized spacial score (nSPS) is 11.8. The fourth-order valence-electron chi connectivity index (χ4n) is 1.66. The molecule has 1 atom stereocenters. The minimum absolute atomic E-state index is 0.190. The van der Waals surface area contributed by atoms with Crippen molar-refractivity contribution in [1.29, 1.82) is 0 Å². The Morgan fingerprint density at radius 1 is 1.33 bits per heavy atom. The first-order valence-corrected chi connectivity index (χ1v) is 6.73. The summed E-state index contributed by atoms with van der Waals surface area (Å²) in [6.07, 6.45) is -0.803. The highest BCUT2D eigenvalue weighted by atomic mass is 35.5. The summed E-state index contributed by atoms with van der Waals surface area (Å²) in [5, 5.41) is 9.41. The van der Waals surface area contributed by atoms with Crippen molar-refractivity contribution in [2.24, 2.45) is 0 Å². The van der Waals surface area contributed by atoms with Gasteiger partial charge in [0.2, 0.25) is 0 Å². The molecule has 21 heavy (non-hydrogen) atoms. The van der Waals surface area contributed by atoms with E-state index >= 15 is 0 Å². The van der Waals surface area contributed by atoms with Gasteiger partial charge in [-0.1, -0.05) is 11.6 Å². The lowest BCUT2D eigenvalue weighted by Gasteiger charge is -2.24. The molecule has 0 spiro atoms. The van der Waals surface area contributed by atoms with E-state index in [1.807, 2.05) is 0 Å². The van der Waals surface area contributed by atoms with E-state index in [2.05, 4.69) is 0 Å². The van der Waals surface area contributed by atoms with Crippen LogP contribution in [0.4, 0.5) is 0 Å². The molecule has 0 fully saturated rings. The average molecular weight is 316 g/mol. The first kappa shape index (κ1) is 17.3. The summed E-state index contributed by atoms with van der Waals surface area (Å²) in [4.78, 5) is 24.2. The van der Waals surface area contributed by atoms with Crippen molar-refractivity contribution in [3.05, 3.63) is 29.3 Å². The lowest BCUT2D eigenvalue weighted by molar-refractivity contribution is -0.148. The van der Waals surface area contributed by atoms with Gasteiger partial charge in [-0.2, -0.15) is 0 Å². The van der Waals surface area contributed by atoms with Gasteiger partial charge in [-0.3, -0.25) is 9.59 Å². The molecule has 1 aromatic rings. The van der Waals surface area contributed by atoms with Gasteiger partial charge in [-0.15, -0.1) is 0 Å². The lowest BCUT2D eigenvalue weighted by Crippen LogP contribution is -2.44. The van der Waals surface area contributed by atoms with E-state index in [1.165, 1.54) is 12.0 Å². The maximum Gasteiger partial charge on any atom is 0.323 e. The number of ether oxygens (including phenoxy) is 2. The maximum absolute atomic E-state index is 12.2. The molecule has 0 aliphatic rings. The molecule has 6 nitrogen and oxygen atoms in total. The summed E-state index contributed by atoms with van der Waals surface area (Å²) >= 11 is 5.77. The van der Waals surface area contributed by atoms with Crippen LogP contribution in [-0.2, 0) is 14.3 Å². The number of hydrogen-bond donors (Lipinski definition) is 1. The molecule has 1 rings (SSSR count). The van der Waals surface area contributed by atoms with E-state index in [9.17, 15) is 9.59 Å². The summed E-state index contributed by atoms with van der Waals surface area (Å²) in [5.41, 5.74) is 0. The zero-order valence-corrected chi connectivity index (χ0v) is 12.7. The number of halogens is 1. The highest BCUT2D eigenvalue weighted by molar-refractivity contribution is 6.30. The first-order valence-electron chi connectivity index (χ1n) is 6.35. The van der Waals surface area contributed by atoms with Crippen LogP contribution in [0.2, 0.25) is 5.02 Å². The van der Waals surface area contributed by atoms with Gasteiger partial charge in [0.1, 0.15) is 12.3 Å². The van der Waals surface area contributed by atoms with Crippen molar-refractivity contribution in [3.63, 3.8) is 0 Å². The van der Waals surface area contributed by atoms with Gasteiger partial charge in [-0.25, -0.2) is 0 Å². The van der Waals surface area contributed by atoms with E-state index in [0.717, 1.165) is 0 Å². The van der Waals surface area contributed by atoms with Gasteiger partial charge in [0, 0.05) is 18.7 Å². The van der Waals surface area contributed by atoms with E-state index in [0.29, 0.717) is 10.8 Å². The van der Waals surface area contributed by atoms with Crippen LogP contribution < -0.4 is 4.74 Å². The lowest BCUT2D eigenvalue weighted by atomic mass is 10.3. The molecule has 7 heteroatoms. The number of benzene rings is 1.